The van der Waals surface area contributed by atoms with Crippen LogP contribution in [0.1, 0.15) is 96.8 Å². The fourth-order valence-corrected chi connectivity index (χ4v) is 3.53. The van der Waals surface area contributed by atoms with E-state index >= 15 is 0 Å². The van der Waals surface area contributed by atoms with Gasteiger partial charge in [-0.2, -0.15) is 4.89 Å². The fourth-order valence-electron chi connectivity index (χ4n) is 3.53. The maximum absolute atomic E-state index is 11.3. The van der Waals surface area contributed by atoms with Gasteiger partial charge < -0.3 is 9.47 Å². The lowest BCUT2D eigenvalue weighted by atomic mass is 10.0. The number of ether oxygens (including phenoxy) is 2. The highest BCUT2D eigenvalue weighted by Gasteiger charge is 2.34. The SMILES string of the molecule is CC=CCCCCCCCCCCCCCC1(OC)C=CC(CC(=O)OC)OO1. The first kappa shape index (κ1) is 25.9. The molecule has 1 heterocycles. The molecular formula is C24H42O5. The van der Waals surface area contributed by atoms with Gasteiger partial charge in [-0.05, 0) is 32.3 Å². The van der Waals surface area contributed by atoms with Crippen molar-refractivity contribution >= 4 is 5.97 Å². The molecule has 2 atom stereocenters. The van der Waals surface area contributed by atoms with Gasteiger partial charge in [0.2, 0.25) is 5.79 Å². The Kier molecular flexibility index (Phi) is 14.8. The number of methoxy groups -OCH3 is 2. The number of hydrogen-bond donors (Lipinski definition) is 0. The van der Waals surface area contributed by atoms with Crippen molar-refractivity contribution < 1.29 is 24.0 Å². The van der Waals surface area contributed by atoms with Crippen molar-refractivity contribution in [2.45, 2.75) is 109 Å². The predicted octanol–water partition coefficient (Wildman–Crippen LogP) is 6.43. The van der Waals surface area contributed by atoms with Crippen molar-refractivity contribution in [2.24, 2.45) is 0 Å². The van der Waals surface area contributed by atoms with E-state index in [4.69, 9.17) is 14.5 Å². The second kappa shape index (κ2) is 16.6. The molecule has 0 fully saturated rings. The van der Waals surface area contributed by atoms with E-state index < -0.39 is 11.9 Å². The second-order valence-corrected chi connectivity index (χ2v) is 7.87. The van der Waals surface area contributed by atoms with Crippen LogP contribution in [0.15, 0.2) is 24.3 Å². The van der Waals surface area contributed by atoms with Gasteiger partial charge in [0.15, 0.2) is 0 Å². The number of rotatable bonds is 17. The molecule has 2 unspecified atom stereocenters. The molecule has 0 aromatic rings. The van der Waals surface area contributed by atoms with E-state index in [-0.39, 0.29) is 12.4 Å². The molecule has 168 valence electrons. The van der Waals surface area contributed by atoms with Gasteiger partial charge >= 0.3 is 5.97 Å². The lowest BCUT2D eigenvalue weighted by Crippen LogP contribution is -2.38. The first-order chi connectivity index (χ1) is 14.2. The molecule has 1 aliphatic heterocycles. The summed E-state index contributed by atoms with van der Waals surface area (Å²) in [6.45, 7) is 2.09. The van der Waals surface area contributed by atoms with Gasteiger partial charge in [0, 0.05) is 13.5 Å². The number of allylic oxidation sites excluding steroid dienone is 2. The fraction of sp³-hybridized carbons (Fsp3) is 0.792. The maximum Gasteiger partial charge on any atom is 0.308 e. The van der Waals surface area contributed by atoms with Crippen LogP contribution in [0.5, 0.6) is 0 Å². The Morgan fingerprint density at radius 2 is 1.55 bits per heavy atom. The molecule has 1 aliphatic rings. The standard InChI is InChI=1S/C24H42O5/c1-4-5-6-7-8-9-10-11-12-13-14-15-16-17-19-24(27-3)20-18-22(28-29-24)21-23(25)26-2/h4-5,18,20,22H,6-17,19,21H2,1-3H3. The largest absolute Gasteiger partial charge is 0.469 e. The molecular weight excluding hydrogens is 368 g/mol. The van der Waals surface area contributed by atoms with Crippen LogP contribution in [0, 0.1) is 0 Å². The number of unbranched alkanes of at least 4 members (excludes halogenated alkanes) is 11. The first-order valence-electron chi connectivity index (χ1n) is 11.4. The quantitative estimate of drug-likeness (QED) is 0.120. The molecule has 0 bridgehead atoms. The number of hydrogen-bond acceptors (Lipinski definition) is 5. The normalized spacial score (nSPS) is 21.7. The highest BCUT2D eigenvalue weighted by molar-refractivity contribution is 5.70. The predicted molar refractivity (Wildman–Crippen MR) is 116 cm³/mol. The van der Waals surface area contributed by atoms with Gasteiger partial charge in [0.1, 0.15) is 6.10 Å². The minimum absolute atomic E-state index is 0.142. The summed E-state index contributed by atoms with van der Waals surface area (Å²) in [4.78, 5) is 22.1. The number of carbonyl (C=O) groups excluding carboxylic acids is 1. The molecule has 0 aromatic carbocycles. The summed E-state index contributed by atoms with van der Waals surface area (Å²) in [6, 6.07) is 0. The second-order valence-electron chi connectivity index (χ2n) is 7.87. The minimum Gasteiger partial charge on any atom is -0.469 e. The van der Waals surface area contributed by atoms with Crippen molar-refractivity contribution in [3.05, 3.63) is 24.3 Å². The van der Waals surface area contributed by atoms with Gasteiger partial charge in [-0.1, -0.05) is 76.0 Å². The number of carbonyl (C=O) groups is 1. The summed E-state index contributed by atoms with van der Waals surface area (Å²) >= 11 is 0. The summed E-state index contributed by atoms with van der Waals surface area (Å²) in [5.74, 6) is -1.16. The number of esters is 1. The van der Waals surface area contributed by atoms with Crippen LogP contribution in [0.3, 0.4) is 0 Å². The third-order valence-electron chi connectivity index (χ3n) is 5.45. The molecule has 0 saturated carbocycles. The lowest BCUT2D eigenvalue weighted by molar-refractivity contribution is -0.428. The van der Waals surface area contributed by atoms with Crippen LogP contribution < -0.4 is 0 Å². The zero-order valence-electron chi connectivity index (χ0n) is 18.8. The van der Waals surface area contributed by atoms with Gasteiger partial charge in [-0.25, -0.2) is 4.89 Å². The van der Waals surface area contributed by atoms with Crippen molar-refractivity contribution in [1.29, 1.82) is 0 Å². The Hall–Kier alpha value is -1.17. The van der Waals surface area contributed by atoms with Crippen molar-refractivity contribution in [1.82, 2.24) is 0 Å². The van der Waals surface area contributed by atoms with Crippen LogP contribution in [0.25, 0.3) is 0 Å². The summed E-state index contributed by atoms with van der Waals surface area (Å²) in [7, 11) is 2.98. The first-order valence-corrected chi connectivity index (χ1v) is 11.4. The Bertz CT molecular complexity index is 474. The molecule has 0 N–H and O–H groups in total. The Labute approximate surface area is 177 Å². The minimum atomic E-state index is -0.834. The van der Waals surface area contributed by atoms with Crippen molar-refractivity contribution in [3.63, 3.8) is 0 Å². The third-order valence-corrected chi connectivity index (χ3v) is 5.45. The molecule has 0 aromatic heterocycles. The molecule has 5 nitrogen and oxygen atoms in total. The molecule has 29 heavy (non-hydrogen) atoms. The van der Waals surface area contributed by atoms with E-state index in [0.717, 1.165) is 12.8 Å². The third kappa shape index (κ3) is 12.2. The lowest BCUT2D eigenvalue weighted by Gasteiger charge is -2.32. The van der Waals surface area contributed by atoms with Crippen LogP contribution in [-0.2, 0) is 24.0 Å². The molecule has 0 amide bonds. The monoisotopic (exact) mass is 410 g/mol. The van der Waals surface area contributed by atoms with Crippen LogP contribution in [0.2, 0.25) is 0 Å². The molecule has 0 radical (unpaired) electrons. The summed E-state index contributed by atoms with van der Waals surface area (Å²) in [5, 5.41) is 0. The van der Waals surface area contributed by atoms with Gasteiger partial charge in [0.05, 0.1) is 13.5 Å². The van der Waals surface area contributed by atoms with Crippen LogP contribution in [0.4, 0.5) is 0 Å². The summed E-state index contributed by atoms with van der Waals surface area (Å²) in [5.41, 5.74) is 0. The molecule has 0 saturated heterocycles. The highest BCUT2D eigenvalue weighted by Crippen LogP contribution is 2.28. The zero-order valence-corrected chi connectivity index (χ0v) is 18.8. The van der Waals surface area contributed by atoms with Gasteiger partial charge in [0.25, 0.3) is 0 Å². The van der Waals surface area contributed by atoms with Crippen LogP contribution in [-0.4, -0.2) is 32.1 Å². The van der Waals surface area contributed by atoms with E-state index in [0.29, 0.717) is 0 Å². The van der Waals surface area contributed by atoms with E-state index in [1.54, 1.807) is 7.11 Å². The molecule has 1 rings (SSSR count). The molecule has 5 heteroatoms. The summed E-state index contributed by atoms with van der Waals surface area (Å²) < 4.78 is 10.2. The maximum atomic E-state index is 11.3. The smallest absolute Gasteiger partial charge is 0.308 e. The van der Waals surface area contributed by atoms with E-state index in [1.165, 1.54) is 77.7 Å². The van der Waals surface area contributed by atoms with Crippen molar-refractivity contribution in [2.75, 3.05) is 14.2 Å². The Balaban J connectivity index is 2.01. The average molecular weight is 411 g/mol. The van der Waals surface area contributed by atoms with Gasteiger partial charge in [-0.3, -0.25) is 4.79 Å². The Morgan fingerprint density at radius 3 is 2.03 bits per heavy atom. The summed E-state index contributed by atoms with van der Waals surface area (Å²) in [6.07, 6.45) is 24.1. The van der Waals surface area contributed by atoms with E-state index in [2.05, 4.69) is 23.8 Å². The van der Waals surface area contributed by atoms with Gasteiger partial charge in [-0.15, -0.1) is 0 Å². The van der Waals surface area contributed by atoms with E-state index in [1.807, 2.05) is 12.2 Å². The van der Waals surface area contributed by atoms with Crippen LogP contribution >= 0.6 is 0 Å². The van der Waals surface area contributed by atoms with E-state index in [9.17, 15) is 4.79 Å². The Morgan fingerprint density at radius 1 is 0.966 bits per heavy atom. The average Bonchev–Trinajstić information content (AvgIpc) is 2.75. The molecule has 0 aliphatic carbocycles. The highest BCUT2D eigenvalue weighted by atomic mass is 17.2. The molecule has 0 spiro atoms. The topological polar surface area (TPSA) is 54.0 Å². The van der Waals surface area contributed by atoms with Crippen molar-refractivity contribution in [3.8, 4) is 0 Å². The zero-order chi connectivity index (χ0) is 21.2.